The fourth-order valence-electron chi connectivity index (χ4n) is 2.36. The van der Waals surface area contributed by atoms with Crippen LogP contribution in [0.2, 0.25) is 0 Å². The van der Waals surface area contributed by atoms with Crippen molar-refractivity contribution in [2.24, 2.45) is 0 Å². The first-order valence-electron chi connectivity index (χ1n) is 7.88. The van der Waals surface area contributed by atoms with Crippen LogP contribution in [-0.4, -0.2) is 23.5 Å². The first kappa shape index (κ1) is 16.4. The molecule has 1 aromatic carbocycles. The number of alkyl halides is 1. The molecule has 0 saturated heterocycles. The zero-order chi connectivity index (χ0) is 14.8. The molecule has 0 bridgehead atoms. The van der Waals surface area contributed by atoms with Crippen molar-refractivity contribution < 1.29 is 4.74 Å². The fraction of sp³-hybridized carbons (Fsp3) is 0.500. The van der Waals surface area contributed by atoms with Gasteiger partial charge in [-0.05, 0) is 37.8 Å². The van der Waals surface area contributed by atoms with Crippen LogP contribution in [0.15, 0.2) is 36.4 Å². The Labute approximate surface area is 136 Å². The number of fused-ring (bicyclic) bond motifs is 1. The van der Waals surface area contributed by atoms with Gasteiger partial charge in [0.05, 0.1) is 5.52 Å². The summed E-state index contributed by atoms with van der Waals surface area (Å²) in [6.45, 7) is 1.74. The van der Waals surface area contributed by atoms with E-state index in [1.54, 1.807) is 0 Å². The Balaban J connectivity index is 1.59. The van der Waals surface area contributed by atoms with Crippen molar-refractivity contribution in [3.8, 4) is 0 Å². The minimum absolute atomic E-state index is 0.840. The maximum absolute atomic E-state index is 5.68. The van der Waals surface area contributed by atoms with Crippen LogP contribution >= 0.6 is 15.9 Å². The van der Waals surface area contributed by atoms with Gasteiger partial charge in [-0.25, -0.2) is 0 Å². The maximum atomic E-state index is 5.68. The van der Waals surface area contributed by atoms with Crippen LogP contribution in [-0.2, 0) is 11.2 Å². The molecular weight excluding hydrogens is 326 g/mol. The Morgan fingerprint density at radius 1 is 0.857 bits per heavy atom. The average Bonchev–Trinajstić information content (AvgIpc) is 2.53. The molecule has 2 rings (SSSR count). The van der Waals surface area contributed by atoms with Gasteiger partial charge in [-0.3, -0.25) is 4.98 Å². The highest BCUT2D eigenvalue weighted by Gasteiger charge is 1.98. The van der Waals surface area contributed by atoms with Gasteiger partial charge in [-0.15, -0.1) is 0 Å². The van der Waals surface area contributed by atoms with Crippen LogP contribution in [0.25, 0.3) is 10.9 Å². The molecule has 0 aliphatic heterocycles. The van der Waals surface area contributed by atoms with Crippen molar-refractivity contribution in [3.05, 3.63) is 42.1 Å². The lowest BCUT2D eigenvalue weighted by Gasteiger charge is -2.05. The van der Waals surface area contributed by atoms with E-state index < -0.39 is 0 Å². The molecule has 2 aromatic rings. The summed E-state index contributed by atoms with van der Waals surface area (Å²) in [4.78, 5) is 4.68. The lowest BCUT2D eigenvalue weighted by molar-refractivity contribution is 0.127. The Hall–Kier alpha value is -0.930. The van der Waals surface area contributed by atoms with Gasteiger partial charge in [-0.2, -0.15) is 0 Å². The summed E-state index contributed by atoms with van der Waals surface area (Å²) in [6, 6.07) is 12.5. The second-order valence-corrected chi connectivity index (χ2v) is 6.11. The molecule has 0 N–H and O–H groups in total. The second-order valence-electron chi connectivity index (χ2n) is 5.31. The van der Waals surface area contributed by atoms with Crippen molar-refractivity contribution in [2.75, 3.05) is 18.5 Å². The van der Waals surface area contributed by atoms with Gasteiger partial charge in [0.25, 0.3) is 0 Å². The molecule has 2 nitrogen and oxygen atoms in total. The molecule has 21 heavy (non-hydrogen) atoms. The number of hydrogen-bond acceptors (Lipinski definition) is 2. The molecule has 0 fully saturated rings. The van der Waals surface area contributed by atoms with Crippen molar-refractivity contribution in [3.63, 3.8) is 0 Å². The van der Waals surface area contributed by atoms with Crippen LogP contribution in [0.5, 0.6) is 0 Å². The zero-order valence-electron chi connectivity index (χ0n) is 12.6. The number of halogens is 1. The first-order chi connectivity index (χ1) is 10.4. The summed E-state index contributed by atoms with van der Waals surface area (Å²) in [5.74, 6) is 0. The quantitative estimate of drug-likeness (QED) is 0.437. The third kappa shape index (κ3) is 6.15. The monoisotopic (exact) mass is 349 g/mol. The van der Waals surface area contributed by atoms with Gasteiger partial charge in [0, 0.05) is 29.6 Å². The third-order valence-corrected chi connectivity index (χ3v) is 4.11. The SMILES string of the molecule is BrCCCCCCOCCCc1ccc2ccccc2n1. The van der Waals surface area contributed by atoms with E-state index in [9.17, 15) is 0 Å². The topological polar surface area (TPSA) is 22.1 Å². The fourth-order valence-corrected chi connectivity index (χ4v) is 2.75. The normalized spacial score (nSPS) is 11.1. The number of rotatable bonds is 10. The highest BCUT2D eigenvalue weighted by Crippen LogP contribution is 2.12. The van der Waals surface area contributed by atoms with Crippen LogP contribution in [0.4, 0.5) is 0 Å². The van der Waals surface area contributed by atoms with Crippen molar-refractivity contribution in [2.45, 2.75) is 38.5 Å². The predicted molar refractivity (Wildman–Crippen MR) is 93.1 cm³/mol. The molecule has 1 heterocycles. The van der Waals surface area contributed by atoms with Gasteiger partial charge in [0.2, 0.25) is 0 Å². The Bertz CT molecular complexity index is 529. The van der Waals surface area contributed by atoms with Crippen molar-refractivity contribution >= 4 is 26.8 Å². The van der Waals surface area contributed by atoms with Crippen LogP contribution < -0.4 is 0 Å². The largest absolute Gasteiger partial charge is 0.381 e. The molecule has 0 spiro atoms. The summed E-state index contributed by atoms with van der Waals surface area (Å²) < 4.78 is 5.68. The number of pyridine rings is 1. The first-order valence-corrected chi connectivity index (χ1v) is 9.00. The molecule has 0 aliphatic carbocycles. The maximum Gasteiger partial charge on any atom is 0.0705 e. The summed E-state index contributed by atoms with van der Waals surface area (Å²) in [6.07, 6.45) is 7.07. The summed E-state index contributed by atoms with van der Waals surface area (Å²) in [5.41, 5.74) is 2.25. The number of unbranched alkanes of at least 4 members (excludes halogenated alkanes) is 3. The molecular formula is C18H24BrNO. The standard InChI is InChI=1S/C18H24BrNO/c19-13-5-1-2-6-14-21-15-7-9-17-12-11-16-8-3-4-10-18(16)20-17/h3-4,8,10-12H,1-2,5-7,9,13-15H2. The summed E-state index contributed by atoms with van der Waals surface area (Å²) in [7, 11) is 0. The van der Waals surface area contributed by atoms with Crippen LogP contribution in [0, 0.1) is 0 Å². The number of benzene rings is 1. The lowest BCUT2D eigenvalue weighted by atomic mass is 10.1. The summed E-state index contributed by atoms with van der Waals surface area (Å²) >= 11 is 3.45. The van der Waals surface area contributed by atoms with E-state index >= 15 is 0 Å². The predicted octanol–water partition coefficient (Wildman–Crippen LogP) is 5.14. The second kappa shape index (κ2) is 9.91. The Morgan fingerprint density at radius 3 is 2.57 bits per heavy atom. The summed E-state index contributed by atoms with van der Waals surface area (Å²) in [5, 5.41) is 2.33. The molecule has 0 radical (unpaired) electrons. The molecule has 0 amide bonds. The van der Waals surface area contributed by atoms with E-state index in [0.29, 0.717) is 0 Å². The molecule has 1 aromatic heterocycles. The molecule has 0 saturated carbocycles. The van der Waals surface area contributed by atoms with E-state index in [0.717, 1.165) is 42.6 Å². The van der Waals surface area contributed by atoms with Crippen molar-refractivity contribution in [1.82, 2.24) is 4.98 Å². The van der Waals surface area contributed by atoms with E-state index in [-0.39, 0.29) is 0 Å². The molecule has 0 atom stereocenters. The Morgan fingerprint density at radius 2 is 1.67 bits per heavy atom. The minimum Gasteiger partial charge on any atom is -0.381 e. The van der Waals surface area contributed by atoms with Gasteiger partial charge in [0.1, 0.15) is 0 Å². The molecule has 0 aliphatic rings. The molecule has 3 heteroatoms. The molecule has 0 unspecified atom stereocenters. The molecule has 114 valence electrons. The number of hydrogen-bond donors (Lipinski definition) is 0. The number of aromatic nitrogens is 1. The van der Waals surface area contributed by atoms with Crippen LogP contribution in [0.3, 0.4) is 0 Å². The smallest absolute Gasteiger partial charge is 0.0705 e. The third-order valence-electron chi connectivity index (χ3n) is 3.55. The van der Waals surface area contributed by atoms with Gasteiger partial charge >= 0.3 is 0 Å². The highest BCUT2D eigenvalue weighted by atomic mass is 79.9. The van der Waals surface area contributed by atoms with Gasteiger partial charge in [-0.1, -0.05) is 53.0 Å². The zero-order valence-corrected chi connectivity index (χ0v) is 14.1. The lowest BCUT2D eigenvalue weighted by Crippen LogP contribution is -2.00. The van der Waals surface area contributed by atoms with Crippen molar-refractivity contribution in [1.29, 1.82) is 0 Å². The van der Waals surface area contributed by atoms with Gasteiger partial charge < -0.3 is 4.74 Å². The Kier molecular flexibility index (Phi) is 7.76. The highest BCUT2D eigenvalue weighted by molar-refractivity contribution is 9.09. The van der Waals surface area contributed by atoms with Crippen LogP contribution in [0.1, 0.15) is 37.8 Å². The number of nitrogens with zero attached hydrogens (tertiary/aromatic N) is 1. The van der Waals surface area contributed by atoms with E-state index in [1.165, 1.54) is 31.1 Å². The van der Waals surface area contributed by atoms with Gasteiger partial charge in [0.15, 0.2) is 0 Å². The average molecular weight is 350 g/mol. The van der Waals surface area contributed by atoms with E-state index in [1.807, 2.05) is 6.07 Å². The number of aryl methyl sites for hydroxylation is 1. The van der Waals surface area contributed by atoms with E-state index in [2.05, 4.69) is 51.2 Å². The number of para-hydroxylation sites is 1. The number of ether oxygens (including phenoxy) is 1. The van der Waals surface area contributed by atoms with E-state index in [4.69, 9.17) is 4.74 Å². The minimum atomic E-state index is 0.840.